The van der Waals surface area contributed by atoms with E-state index in [1.54, 1.807) is 4.90 Å². The average Bonchev–Trinajstić information content (AvgIpc) is 2.73. The van der Waals surface area contributed by atoms with Crippen LogP contribution in [0.1, 0.15) is 11.1 Å². The van der Waals surface area contributed by atoms with Gasteiger partial charge in [0.05, 0.1) is 16.1 Å². The summed E-state index contributed by atoms with van der Waals surface area (Å²) in [5.41, 5.74) is -1.72. The summed E-state index contributed by atoms with van der Waals surface area (Å²) in [6.45, 7) is 1.26. The second kappa shape index (κ2) is 8.58. The fourth-order valence-corrected chi connectivity index (χ4v) is 3.46. The number of pyridine rings is 1. The van der Waals surface area contributed by atoms with Crippen molar-refractivity contribution in [3.63, 3.8) is 0 Å². The minimum atomic E-state index is -4.53. The van der Waals surface area contributed by atoms with E-state index >= 15 is 0 Å². The summed E-state index contributed by atoms with van der Waals surface area (Å²) in [6.07, 6.45) is 0.156. The molecular weight excluding hydrogens is 439 g/mol. The maximum absolute atomic E-state index is 12.8. The number of aryl methyl sites for hydroxylation is 1. The quantitative estimate of drug-likeness (QED) is 0.653. The zero-order valence-electron chi connectivity index (χ0n) is 16.7. The summed E-state index contributed by atoms with van der Waals surface area (Å²) < 4.78 is 40.5. The average molecular weight is 458 g/mol. The lowest BCUT2D eigenvalue weighted by molar-refractivity contribution is -0.137. The molecule has 0 unspecified atom stereocenters. The normalized spacial score (nSPS) is 15.0. The standard InChI is InChI=1S/C19H19ClF3N5O3/c1-25-11-12(17(30)26(2)18(25)31)3-4-15(29)27-5-7-28(8-6-27)16-14(20)9-13(10-24-16)19(21,22)23/h3-4,9-11H,5-8H2,1-2H3/b4-3+. The molecule has 12 heteroatoms. The number of amides is 1. The molecule has 1 amide bonds. The third-order valence-corrected chi connectivity index (χ3v) is 5.20. The molecule has 1 saturated heterocycles. The van der Waals surface area contributed by atoms with Gasteiger partial charge in [-0.05, 0) is 12.1 Å². The van der Waals surface area contributed by atoms with E-state index < -0.39 is 23.0 Å². The van der Waals surface area contributed by atoms with Crippen LogP contribution in [0, 0.1) is 0 Å². The zero-order chi connectivity index (χ0) is 22.9. The molecule has 0 aromatic carbocycles. The smallest absolute Gasteiger partial charge is 0.352 e. The van der Waals surface area contributed by atoms with E-state index in [1.807, 2.05) is 0 Å². The molecule has 166 valence electrons. The van der Waals surface area contributed by atoms with E-state index in [0.29, 0.717) is 26.2 Å². The molecule has 8 nitrogen and oxygen atoms in total. The highest BCUT2D eigenvalue weighted by molar-refractivity contribution is 6.33. The number of piperazine rings is 1. The summed E-state index contributed by atoms with van der Waals surface area (Å²) in [6, 6.07) is 0.831. The first-order valence-corrected chi connectivity index (χ1v) is 9.58. The van der Waals surface area contributed by atoms with Crippen LogP contribution >= 0.6 is 11.6 Å². The van der Waals surface area contributed by atoms with E-state index in [0.717, 1.165) is 16.8 Å². The van der Waals surface area contributed by atoms with Gasteiger partial charge in [-0.15, -0.1) is 0 Å². The summed E-state index contributed by atoms with van der Waals surface area (Å²) in [5.74, 6) is -0.104. The molecule has 31 heavy (non-hydrogen) atoms. The number of nitrogens with zero attached hydrogens (tertiary/aromatic N) is 5. The number of rotatable bonds is 3. The number of anilines is 1. The lowest BCUT2D eigenvalue weighted by Crippen LogP contribution is -2.48. The lowest BCUT2D eigenvalue weighted by atomic mass is 10.2. The first kappa shape index (κ1) is 22.6. The van der Waals surface area contributed by atoms with Gasteiger partial charge >= 0.3 is 11.9 Å². The van der Waals surface area contributed by atoms with Gasteiger partial charge in [0.25, 0.3) is 5.56 Å². The van der Waals surface area contributed by atoms with Crippen molar-refractivity contribution in [1.82, 2.24) is 19.0 Å². The highest BCUT2D eigenvalue weighted by Crippen LogP contribution is 2.33. The number of hydrogen-bond donors (Lipinski definition) is 0. The van der Waals surface area contributed by atoms with Gasteiger partial charge in [-0.1, -0.05) is 11.6 Å². The van der Waals surface area contributed by atoms with E-state index in [4.69, 9.17) is 11.6 Å². The monoisotopic (exact) mass is 457 g/mol. The van der Waals surface area contributed by atoms with Gasteiger partial charge in [0.15, 0.2) is 0 Å². The Bertz CT molecular complexity index is 1150. The van der Waals surface area contributed by atoms with E-state index in [1.165, 1.54) is 41.9 Å². The van der Waals surface area contributed by atoms with Crippen LogP contribution in [0.4, 0.5) is 19.0 Å². The summed E-state index contributed by atoms with van der Waals surface area (Å²) >= 11 is 5.99. The molecular formula is C19H19ClF3N5O3. The van der Waals surface area contributed by atoms with Crippen molar-refractivity contribution >= 4 is 29.4 Å². The Hall–Kier alpha value is -3.08. The Morgan fingerprint density at radius 2 is 1.81 bits per heavy atom. The number of aromatic nitrogens is 3. The number of carbonyl (C=O) groups is 1. The third kappa shape index (κ3) is 4.82. The molecule has 1 fully saturated rings. The van der Waals surface area contributed by atoms with Crippen molar-refractivity contribution in [2.45, 2.75) is 6.18 Å². The highest BCUT2D eigenvalue weighted by Gasteiger charge is 2.32. The molecule has 2 aromatic heterocycles. The van der Waals surface area contributed by atoms with Crippen molar-refractivity contribution in [3.05, 3.63) is 61.5 Å². The van der Waals surface area contributed by atoms with Crippen LogP contribution in [-0.2, 0) is 25.1 Å². The minimum absolute atomic E-state index is 0.111. The largest absolute Gasteiger partial charge is 0.417 e. The Labute approximate surface area is 179 Å². The molecule has 0 saturated carbocycles. The van der Waals surface area contributed by atoms with Crippen LogP contribution in [0.15, 0.2) is 34.1 Å². The molecule has 3 rings (SSSR count). The summed E-state index contributed by atoms with van der Waals surface area (Å²) in [7, 11) is 2.85. The van der Waals surface area contributed by atoms with Gasteiger partial charge in [-0.25, -0.2) is 9.78 Å². The molecule has 0 atom stereocenters. The first-order valence-electron chi connectivity index (χ1n) is 9.20. The van der Waals surface area contributed by atoms with Crippen LogP contribution < -0.4 is 16.1 Å². The molecule has 2 aromatic rings. The van der Waals surface area contributed by atoms with Gasteiger partial charge in [0.1, 0.15) is 5.82 Å². The van der Waals surface area contributed by atoms with Crippen LogP contribution in [0.3, 0.4) is 0 Å². The molecule has 0 bridgehead atoms. The second-order valence-corrected chi connectivity index (χ2v) is 7.42. The Morgan fingerprint density at radius 1 is 1.16 bits per heavy atom. The fourth-order valence-electron chi connectivity index (χ4n) is 3.17. The summed E-state index contributed by atoms with van der Waals surface area (Å²) in [5, 5.41) is -0.111. The van der Waals surface area contributed by atoms with Crippen LogP contribution in [0.25, 0.3) is 6.08 Å². The first-order chi connectivity index (χ1) is 14.5. The molecule has 0 aliphatic carbocycles. The van der Waals surface area contributed by atoms with Gasteiger partial charge in [0, 0.05) is 58.7 Å². The molecule has 3 heterocycles. The van der Waals surface area contributed by atoms with E-state index in [-0.39, 0.29) is 22.3 Å². The summed E-state index contributed by atoms with van der Waals surface area (Å²) in [4.78, 5) is 43.4. The number of alkyl halides is 3. The highest BCUT2D eigenvalue weighted by atomic mass is 35.5. The minimum Gasteiger partial charge on any atom is -0.352 e. The van der Waals surface area contributed by atoms with Gasteiger partial charge < -0.3 is 14.4 Å². The van der Waals surface area contributed by atoms with Crippen LogP contribution in [-0.4, -0.2) is 51.1 Å². The lowest BCUT2D eigenvalue weighted by Gasteiger charge is -2.35. The Morgan fingerprint density at radius 3 is 2.39 bits per heavy atom. The van der Waals surface area contributed by atoms with Crippen LogP contribution in [0.5, 0.6) is 0 Å². The van der Waals surface area contributed by atoms with Crippen molar-refractivity contribution in [1.29, 1.82) is 0 Å². The molecule has 1 aliphatic heterocycles. The topological polar surface area (TPSA) is 80.4 Å². The molecule has 0 radical (unpaired) electrons. The molecule has 1 aliphatic rings. The number of hydrogen-bond acceptors (Lipinski definition) is 5. The maximum atomic E-state index is 12.8. The third-order valence-electron chi connectivity index (χ3n) is 4.92. The SMILES string of the molecule is Cn1cc(/C=C/C(=O)N2CCN(c3ncc(C(F)(F)F)cc3Cl)CC2)c(=O)n(C)c1=O. The fraction of sp³-hybridized carbons (Fsp3) is 0.368. The van der Waals surface area contributed by atoms with Gasteiger partial charge in [0.2, 0.25) is 5.91 Å². The van der Waals surface area contributed by atoms with Gasteiger partial charge in [-0.2, -0.15) is 13.2 Å². The maximum Gasteiger partial charge on any atom is 0.417 e. The van der Waals surface area contributed by atoms with Crippen molar-refractivity contribution in [2.75, 3.05) is 31.1 Å². The van der Waals surface area contributed by atoms with E-state index in [2.05, 4.69) is 4.98 Å². The Balaban J connectivity index is 1.66. The van der Waals surface area contributed by atoms with Crippen molar-refractivity contribution in [2.24, 2.45) is 14.1 Å². The van der Waals surface area contributed by atoms with Crippen molar-refractivity contribution < 1.29 is 18.0 Å². The number of halogens is 4. The number of carbonyl (C=O) groups excluding carboxylic acids is 1. The van der Waals surface area contributed by atoms with Crippen LogP contribution in [0.2, 0.25) is 5.02 Å². The second-order valence-electron chi connectivity index (χ2n) is 7.01. The molecule has 0 N–H and O–H groups in total. The van der Waals surface area contributed by atoms with Crippen molar-refractivity contribution in [3.8, 4) is 0 Å². The zero-order valence-corrected chi connectivity index (χ0v) is 17.4. The predicted molar refractivity (Wildman–Crippen MR) is 109 cm³/mol. The van der Waals surface area contributed by atoms with Gasteiger partial charge in [-0.3, -0.25) is 14.2 Å². The Kier molecular flexibility index (Phi) is 6.25. The predicted octanol–water partition coefficient (Wildman–Crippen LogP) is 1.51. The molecule has 0 spiro atoms. The van der Waals surface area contributed by atoms with E-state index in [9.17, 15) is 27.6 Å².